The minimum atomic E-state index is -1.31. The lowest BCUT2D eigenvalue weighted by atomic mass is 10.2. The van der Waals surface area contributed by atoms with Gasteiger partial charge in [0.05, 0.1) is 6.10 Å². The van der Waals surface area contributed by atoms with Crippen molar-refractivity contribution in [3.63, 3.8) is 0 Å². The lowest BCUT2D eigenvalue weighted by molar-refractivity contribution is -0.141. The van der Waals surface area contributed by atoms with E-state index in [1.807, 2.05) is 24.3 Å². The van der Waals surface area contributed by atoms with Crippen molar-refractivity contribution in [3.8, 4) is 0 Å². The van der Waals surface area contributed by atoms with Gasteiger partial charge in [-0.3, -0.25) is 4.90 Å². The van der Waals surface area contributed by atoms with Gasteiger partial charge in [0.2, 0.25) is 0 Å². The number of hydrogen-bond donors (Lipinski definition) is 3. The fourth-order valence-electron chi connectivity index (χ4n) is 2.15. The third kappa shape index (κ3) is 2.68. The molecule has 0 spiro atoms. The molecule has 0 radical (unpaired) electrons. The number of urea groups is 1. The number of carboxylic acids is 1. The number of rotatable bonds is 3. The van der Waals surface area contributed by atoms with Gasteiger partial charge in [0.15, 0.2) is 6.04 Å². The maximum Gasteiger partial charge on any atom is 0.328 e. The smallest absolute Gasteiger partial charge is 0.328 e. The largest absolute Gasteiger partial charge is 0.480 e. The summed E-state index contributed by atoms with van der Waals surface area (Å²) >= 11 is 0. The number of hydrogen-bond acceptors (Lipinski definition) is 3. The van der Waals surface area contributed by atoms with Crippen molar-refractivity contribution in [2.75, 3.05) is 11.4 Å². The molecule has 1 aliphatic rings. The number of benzene rings is 1. The molecule has 102 valence electrons. The van der Waals surface area contributed by atoms with Gasteiger partial charge < -0.3 is 15.5 Å². The third-order valence-electron chi connectivity index (χ3n) is 3.16. The number of amides is 2. The molecule has 2 amide bonds. The maximum absolute atomic E-state index is 12.1. The topological polar surface area (TPSA) is 89.9 Å². The van der Waals surface area contributed by atoms with E-state index in [4.69, 9.17) is 5.11 Å². The van der Waals surface area contributed by atoms with Crippen LogP contribution in [-0.2, 0) is 11.2 Å². The molecule has 0 bridgehead atoms. The average molecular weight is 264 g/mol. The monoisotopic (exact) mass is 264 g/mol. The standard InChI is InChI=1S/C13H16N2O4/c1-8(16)11(12(17)18)14-13(19)15-7-6-9-4-2-3-5-10(9)15/h2-5,8,11,16H,6-7H2,1H3,(H,14,19)(H,17,18). The summed E-state index contributed by atoms with van der Waals surface area (Å²) in [7, 11) is 0. The molecule has 0 saturated carbocycles. The first kappa shape index (κ1) is 13.4. The molecule has 6 heteroatoms. The van der Waals surface area contributed by atoms with Crippen LogP contribution in [0.5, 0.6) is 0 Å². The number of aliphatic carboxylic acids is 1. The van der Waals surface area contributed by atoms with Crippen LogP contribution in [0, 0.1) is 0 Å². The Kier molecular flexibility index (Phi) is 3.71. The molecule has 2 rings (SSSR count). The van der Waals surface area contributed by atoms with Crippen molar-refractivity contribution in [1.82, 2.24) is 5.32 Å². The Balaban J connectivity index is 2.12. The van der Waals surface area contributed by atoms with Crippen LogP contribution in [0.1, 0.15) is 12.5 Å². The maximum atomic E-state index is 12.1. The van der Waals surface area contributed by atoms with E-state index in [1.54, 1.807) is 0 Å². The molecule has 0 aromatic heterocycles. The summed E-state index contributed by atoms with van der Waals surface area (Å²) in [6, 6.07) is 5.68. The summed E-state index contributed by atoms with van der Waals surface area (Å²) in [6.07, 6.45) is -0.407. The van der Waals surface area contributed by atoms with E-state index in [0.717, 1.165) is 17.7 Å². The number of para-hydroxylation sites is 1. The Hall–Kier alpha value is -2.08. The number of anilines is 1. The van der Waals surface area contributed by atoms with Crippen LogP contribution in [0.15, 0.2) is 24.3 Å². The molecule has 1 aliphatic heterocycles. The van der Waals surface area contributed by atoms with Crippen LogP contribution in [0.4, 0.5) is 10.5 Å². The Morgan fingerprint density at radius 2 is 2.05 bits per heavy atom. The van der Waals surface area contributed by atoms with Crippen molar-refractivity contribution in [1.29, 1.82) is 0 Å². The van der Waals surface area contributed by atoms with E-state index in [-0.39, 0.29) is 0 Å². The molecule has 0 fully saturated rings. The van der Waals surface area contributed by atoms with Crippen LogP contribution in [0.3, 0.4) is 0 Å². The fourth-order valence-corrected chi connectivity index (χ4v) is 2.15. The molecule has 1 heterocycles. The minimum absolute atomic E-state index is 0.502. The van der Waals surface area contributed by atoms with Gasteiger partial charge in [-0.15, -0.1) is 0 Å². The molecule has 6 nitrogen and oxygen atoms in total. The second kappa shape index (κ2) is 5.27. The number of nitrogens with zero attached hydrogens (tertiary/aromatic N) is 1. The van der Waals surface area contributed by atoms with Crippen LogP contribution in [0.2, 0.25) is 0 Å². The SMILES string of the molecule is CC(O)C(NC(=O)N1CCc2ccccc21)C(=O)O. The first-order chi connectivity index (χ1) is 9.00. The zero-order valence-electron chi connectivity index (χ0n) is 10.5. The summed E-state index contributed by atoms with van der Waals surface area (Å²) in [6.45, 7) is 1.84. The third-order valence-corrected chi connectivity index (χ3v) is 3.16. The first-order valence-electron chi connectivity index (χ1n) is 6.07. The highest BCUT2D eigenvalue weighted by Crippen LogP contribution is 2.27. The van der Waals surface area contributed by atoms with Crippen molar-refractivity contribution in [2.24, 2.45) is 0 Å². The van der Waals surface area contributed by atoms with Gasteiger partial charge >= 0.3 is 12.0 Å². The molecular formula is C13H16N2O4. The van der Waals surface area contributed by atoms with E-state index in [9.17, 15) is 14.7 Å². The van der Waals surface area contributed by atoms with Crippen molar-refractivity contribution in [3.05, 3.63) is 29.8 Å². The Labute approximate surface area is 110 Å². The highest BCUT2D eigenvalue weighted by Gasteiger charge is 2.30. The van der Waals surface area contributed by atoms with Gasteiger partial charge in [0.25, 0.3) is 0 Å². The van der Waals surface area contributed by atoms with Gasteiger partial charge in [0, 0.05) is 12.2 Å². The normalized spacial score (nSPS) is 16.6. The fraction of sp³-hybridized carbons (Fsp3) is 0.385. The second-order valence-electron chi connectivity index (χ2n) is 4.54. The molecule has 2 unspecified atom stereocenters. The van der Waals surface area contributed by atoms with Crippen LogP contribution < -0.4 is 10.2 Å². The van der Waals surface area contributed by atoms with E-state index in [0.29, 0.717) is 6.54 Å². The summed E-state index contributed by atoms with van der Waals surface area (Å²) in [5.74, 6) is -1.25. The Morgan fingerprint density at radius 1 is 1.37 bits per heavy atom. The van der Waals surface area contributed by atoms with Crippen LogP contribution in [-0.4, -0.2) is 40.9 Å². The Bertz CT molecular complexity index is 501. The first-order valence-corrected chi connectivity index (χ1v) is 6.07. The van der Waals surface area contributed by atoms with Gasteiger partial charge in [-0.05, 0) is 25.0 Å². The number of fused-ring (bicyclic) bond motifs is 1. The molecular weight excluding hydrogens is 248 g/mol. The number of carbonyl (C=O) groups excluding carboxylic acids is 1. The summed E-state index contributed by atoms with van der Waals surface area (Å²) in [5.41, 5.74) is 1.84. The summed E-state index contributed by atoms with van der Waals surface area (Å²) in [5, 5.41) is 20.6. The van der Waals surface area contributed by atoms with Crippen molar-refractivity contribution < 1.29 is 19.8 Å². The molecule has 1 aromatic rings. The quantitative estimate of drug-likeness (QED) is 0.745. The predicted octanol–water partition coefficient (Wildman–Crippen LogP) is 0.593. The summed E-state index contributed by atoms with van der Waals surface area (Å²) in [4.78, 5) is 24.5. The number of aliphatic hydroxyl groups excluding tert-OH is 1. The number of carboxylic acid groups (broad SMARTS) is 1. The van der Waals surface area contributed by atoms with Crippen LogP contribution in [0.25, 0.3) is 0 Å². The molecule has 19 heavy (non-hydrogen) atoms. The average Bonchev–Trinajstić information content (AvgIpc) is 2.78. The van der Waals surface area contributed by atoms with Gasteiger partial charge in [-0.25, -0.2) is 9.59 Å². The zero-order chi connectivity index (χ0) is 14.0. The zero-order valence-corrected chi connectivity index (χ0v) is 10.5. The lowest BCUT2D eigenvalue weighted by Gasteiger charge is -2.22. The predicted molar refractivity (Wildman–Crippen MR) is 69.1 cm³/mol. The van der Waals surface area contributed by atoms with Gasteiger partial charge in [-0.1, -0.05) is 18.2 Å². The number of carbonyl (C=O) groups is 2. The molecule has 1 aromatic carbocycles. The minimum Gasteiger partial charge on any atom is -0.480 e. The lowest BCUT2D eigenvalue weighted by Crippen LogP contribution is -2.52. The van der Waals surface area contributed by atoms with E-state index < -0.39 is 24.1 Å². The number of aliphatic hydroxyl groups is 1. The van der Waals surface area contributed by atoms with E-state index in [2.05, 4.69) is 5.32 Å². The van der Waals surface area contributed by atoms with E-state index >= 15 is 0 Å². The van der Waals surface area contributed by atoms with Crippen molar-refractivity contribution in [2.45, 2.75) is 25.5 Å². The van der Waals surface area contributed by atoms with E-state index in [1.165, 1.54) is 11.8 Å². The number of nitrogens with one attached hydrogen (secondary N) is 1. The van der Waals surface area contributed by atoms with Gasteiger partial charge in [-0.2, -0.15) is 0 Å². The van der Waals surface area contributed by atoms with Gasteiger partial charge in [0.1, 0.15) is 0 Å². The molecule has 2 atom stereocenters. The molecule has 0 aliphatic carbocycles. The van der Waals surface area contributed by atoms with Crippen LogP contribution >= 0.6 is 0 Å². The Morgan fingerprint density at radius 3 is 2.68 bits per heavy atom. The highest BCUT2D eigenvalue weighted by atomic mass is 16.4. The highest BCUT2D eigenvalue weighted by molar-refractivity contribution is 5.96. The molecule has 3 N–H and O–H groups in total. The van der Waals surface area contributed by atoms with Crippen molar-refractivity contribution >= 4 is 17.7 Å². The molecule has 0 saturated heterocycles. The second-order valence-corrected chi connectivity index (χ2v) is 4.54. The summed E-state index contributed by atoms with van der Waals surface area (Å²) < 4.78 is 0.